The molecule has 0 unspecified atom stereocenters. The molecule has 11 heavy (non-hydrogen) atoms. The number of hydrogen-bond donors (Lipinski definition) is 2. The molecular weight excluding hydrogens is 166 g/mol. The molecule has 2 N–H and O–H groups in total. The van der Waals surface area contributed by atoms with Gasteiger partial charge in [0.05, 0.1) is 5.69 Å². The summed E-state index contributed by atoms with van der Waals surface area (Å²) < 4.78 is 0. The predicted molar refractivity (Wildman–Crippen MR) is 42.6 cm³/mol. The van der Waals surface area contributed by atoms with Gasteiger partial charge in [-0.1, -0.05) is 0 Å². The van der Waals surface area contributed by atoms with Crippen LogP contribution in [0.4, 0.5) is 11.5 Å². The summed E-state index contributed by atoms with van der Waals surface area (Å²) >= 11 is 3.82. The first-order valence-electron chi connectivity index (χ1n) is 2.70. The summed E-state index contributed by atoms with van der Waals surface area (Å²) in [4.78, 5) is 13.2. The van der Waals surface area contributed by atoms with Gasteiger partial charge in [0.1, 0.15) is 4.90 Å². The van der Waals surface area contributed by atoms with Crippen LogP contribution in [0.25, 0.3) is 0 Å². The largest absolute Gasteiger partial charge is 0.396 e. The van der Waals surface area contributed by atoms with Crippen molar-refractivity contribution in [3.05, 3.63) is 22.4 Å². The Labute approximate surface area is 67.8 Å². The third-order valence-corrected chi connectivity index (χ3v) is 1.37. The molecule has 1 aromatic rings. The van der Waals surface area contributed by atoms with E-state index >= 15 is 0 Å². The van der Waals surface area contributed by atoms with Crippen molar-refractivity contribution in [3.63, 3.8) is 0 Å². The van der Waals surface area contributed by atoms with E-state index in [4.69, 9.17) is 5.73 Å². The van der Waals surface area contributed by atoms with E-state index in [2.05, 4.69) is 17.6 Å². The first kappa shape index (κ1) is 7.80. The standard InChI is InChI=1S/C5H5N3O2S/c6-3-1-4(11)5(7-2-3)8(9)10/h1-2,11H,6H2. The van der Waals surface area contributed by atoms with Crippen molar-refractivity contribution in [2.45, 2.75) is 4.90 Å². The minimum atomic E-state index is -0.609. The van der Waals surface area contributed by atoms with Crippen LogP contribution < -0.4 is 5.73 Å². The van der Waals surface area contributed by atoms with Crippen LogP contribution in [0, 0.1) is 10.1 Å². The molecule has 1 heterocycles. The molecule has 0 atom stereocenters. The second-order valence-electron chi connectivity index (χ2n) is 1.87. The molecule has 0 saturated heterocycles. The summed E-state index contributed by atoms with van der Waals surface area (Å²) in [6.45, 7) is 0. The highest BCUT2D eigenvalue weighted by molar-refractivity contribution is 7.80. The molecule has 6 heteroatoms. The maximum absolute atomic E-state index is 10.2. The molecule has 0 amide bonds. The molecule has 0 aliphatic rings. The van der Waals surface area contributed by atoms with E-state index in [9.17, 15) is 10.1 Å². The zero-order valence-corrected chi connectivity index (χ0v) is 6.28. The molecule has 0 spiro atoms. The molecule has 5 nitrogen and oxygen atoms in total. The van der Waals surface area contributed by atoms with Gasteiger partial charge in [-0.05, 0) is 16.0 Å². The van der Waals surface area contributed by atoms with Gasteiger partial charge < -0.3 is 15.8 Å². The number of nitro groups is 1. The first-order valence-corrected chi connectivity index (χ1v) is 3.15. The van der Waals surface area contributed by atoms with Crippen LogP contribution in [0.15, 0.2) is 17.2 Å². The summed E-state index contributed by atoms with van der Waals surface area (Å²) in [5, 5.41) is 10.2. The van der Waals surface area contributed by atoms with E-state index < -0.39 is 4.92 Å². The topological polar surface area (TPSA) is 82.0 Å². The fourth-order valence-electron chi connectivity index (χ4n) is 0.602. The van der Waals surface area contributed by atoms with Gasteiger partial charge in [0.15, 0.2) is 6.20 Å². The molecular formula is C5H5N3O2S. The Morgan fingerprint density at radius 1 is 1.73 bits per heavy atom. The van der Waals surface area contributed by atoms with Crippen molar-refractivity contribution in [1.82, 2.24) is 4.98 Å². The number of anilines is 1. The second-order valence-corrected chi connectivity index (χ2v) is 2.35. The summed E-state index contributed by atoms with van der Waals surface area (Å²) in [7, 11) is 0. The van der Waals surface area contributed by atoms with Gasteiger partial charge in [0.2, 0.25) is 0 Å². The molecule has 0 bridgehead atoms. The van der Waals surface area contributed by atoms with Crippen LogP contribution in [0.2, 0.25) is 0 Å². The molecule has 1 rings (SSSR count). The van der Waals surface area contributed by atoms with Gasteiger partial charge in [0, 0.05) is 0 Å². The number of rotatable bonds is 1. The smallest absolute Gasteiger partial charge is 0.377 e. The van der Waals surface area contributed by atoms with Crippen LogP contribution in [-0.2, 0) is 0 Å². The molecule has 58 valence electrons. The maximum atomic E-state index is 10.2. The van der Waals surface area contributed by atoms with E-state index in [1.54, 1.807) is 0 Å². The van der Waals surface area contributed by atoms with Gasteiger partial charge in [-0.15, -0.1) is 12.6 Å². The van der Waals surface area contributed by atoms with Crippen molar-refractivity contribution in [3.8, 4) is 0 Å². The first-order chi connectivity index (χ1) is 5.11. The third-order valence-electron chi connectivity index (χ3n) is 1.04. The quantitative estimate of drug-likeness (QED) is 0.373. The average molecular weight is 171 g/mol. The fourth-order valence-corrected chi connectivity index (χ4v) is 0.891. The van der Waals surface area contributed by atoms with Crippen molar-refractivity contribution < 1.29 is 4.92 Å². The zero-order valence-electron chi connectivity index (χ0n) is 5.39. The number of thiol groups is 1. The van der Waals surface area contributed by atoms with Gasteiger partial charge in [0.25, 0.3) is 0 Å². The SMILES string of the molecule is Nc1cnc([N+](=O)[O-])c(S)c1. The lowest BCUT2D eigenvalue weighted by Crippen LogP contribution is -1.95. The number of aromatic nitrogens is 1. The highest BCUT2D eigenvalue weighted by atomic mass is 32.1. The van der Waals surface area contributed by atoms with Gasteiger partial charge in [-0.3, -0.25) is 0 Å². The van der Waals surface area contributed by atoms with E-state index in [0.29, 0.717) is 5.69 Å². The molecule has 0 aliphatic carbocycles. The molecule has 0 saturated carbocycles. The van der Waals surface area contributed by atoms with Crippen molar-refractivity contribution in [1.29, 1.82) is 0 Å². The highest BCUT2D eigenvalue weighted by Crippen LogP contribution is 2.20. The Hall–Kier alpha value is -1.30. The molecule has 1 aromatic heterocycles. The van der Waals surface area contributed by atoms with E-state index in [1.807, 2.05) is 0 Å². The van der Waals surface area contributed by atoms with Crippen LogP contribution in [0.1, 0.15) is 0 Å². The Bertz CT molecular complexity index is 302. The van der Waals surface area contributed by atoms with Gasteiger partial charge in [-0.2, -0.15) is 0 Å². The fraction of sp³-hybridized carbons (Fsp3) is 0. The van der Waals surface area contributed by atoms with E-state index in [1.165, 1.54) is 12.3 Å². The van der Waals surface area contributed by atoms with Gasteiger partial charge in [-0.25, -0.2) is 0 Å². The van der Waals surface area contributed by atoms with Crippen molar-refractivity contribution >= 4 is 24.1 Å². The van der Waals surface area contributed by atoms with Gasteiger partial charge >= 0.3 is 5.82 Å². The molecule has 0 fully saturated rings. The van der Waals surface area contributed by atoms with E-state index in [0.717, 1.165) is 0 Å². The molecule has 0 aromatic carbocycles. The van der Waals surface area contributed by atoms with Crippen LogP contribution >= 0.6 is 12.6 Å². The number of hydrogen-bond acceptors (Lipinski definition) is 5. The summed E-state index contributed by atoms with van der Waals surface area (Å²) in [5.41, 5.74) is 5.66. The number of pyridine rings is 1. The highest BCUT2D eigenvalue weighted by Gasteiger charge is 2.11. The third kappa shape index (κ3) is 1.58. The Balaban J connectivity index is 3.20. The summed E-state index contributed by atoms with van der Waals surface area (Å²) in [5.74, 6) is -0.275. The predicted octanol–water partition coefficient (Wildman–Crippen LogP) is 0.861. The lowest BCUT2D eigenvalue weighted by Gasteiger charge is -1.94. The average Bonchev–Trinajstić information content (AvgIpc) is 1.85. The summed E-state index contributed by atoms with van der Waals surface area (Å²) in [6.07, 6.45) is 1.22. The molecule has 0 radical (unpaired) electrons. The maximum Gasteiger partial charge on any atom is 0.377 e. The number of nitrogens with two attached hydrogens (primary N) is 1. The lowest BCUT2D eigenvalue weighted by atomic mass is 10.4. The van der Waals surface area contributed by atoms with Crippen molar-refractivity contribution in [2.24, 2.45) is 0 Å². The normalized spacial score (nSPS) is 9.55. The number of nitrogen functional groups attached to an aromatic ring is 1. The number of nitrogens with zero attached hydrogens (tertiary/aromatic N) is 2. The van der Waals surface area contributed by atoms with Crippen LogP contribution in [0.3, 0.4) is 0 Å². The Kier molecular flexibility index (Phi) is 1.95. The van der Waals surface area contributed by atoms with Crippen LogP contribution in [-0.4, -0.2) is 9.91 Å². The van der Waals surface area contributed by atoms with Crippen LogP contribution in [0.5, 0.6) is 0 Å². The van der Waals surface area contributed by atoms with E-state index in [-0.39, 0.29) is 10.7 Å². The minimum Gasteiger partial charge on any atom is -0.396 e. The lowest BCUT2D eigenvalue weighted by molar-refractivity contribution is -0.392. The zero-order chi connectivity index (χ0) is 8.43. The monoisotopic (exact) mass is 171 g/mol. The Morgan fingerprint density at radius 3 is 2.82 bits per heavy atom. The Morgan fingerprint density at radius 2 is 2.36 bits per heavy atom. The molecule has 0 aliphatic heterocycles. The second kappa shape index (κ2) is 2.75. The minimum absolute atomic E-state index is 0.176. The summed E-state index contributed by atoms with van der Waals surface area (Å²) in [6, 6.07) is 1.38. The van der Waals surface area contributed by atoms with Crippen molar-refractivity contribution in [2.75, 3.05) is 5.73 Å².